The van der Waals surface area contributed by atoms with Crippen LogP contribution in [0.4, 0.5) is 4.79 Å². The van der Waals surface area contributed by atoms with Crippen LogP contribution in [0, 0.1) is 0 Å². The highest BCUT2D eigenvalue weighted by Crippen LogP contribution is 2.42. The van der Waals surface area contributed by atoms with Crippen LogP contribution >= 0.6 is 0 Å². The Balaban J connectivity index is 1.94. The third-order valence-electron chi connectivity index (χ3n) is 3.89. The fourth-order valence-corrected chi connectivity index (χ4v) is 2.98. The van der Waals surface area contributed by atoms with Crippen LogP contribution in [0.3, 0.4) is 0 Å². The molecule has 2 heterocycles. The molecule has 20 heavy (non-hydrogen) atoms. The largest absolute Gasteiger partial charge is 0.444 e. The summed E-state index contributed by atoms with van der Waals surface area (Å²) in [5, 5.41) is 0. The van der Waals surface area contributed by atoms with Gasteiger partial charge in [0.2, 0.25) is 0 Å². The molecule has 5 heteroatoms. The number of nitrogens with zero attached hydrogens (tertiary/aromatic N) is 1. The molecule has 2 atom stereocenters. The van der Waals surface area contributed by atoms with Gasteiger partial charge in [0.25, 0.3) is 0 Å². The molecule has 0 saturated carbocycles. The van der Waals surface area contributed by atoms with Crippen molar-refractivity contribution in [1.82, 2.24) is 4.90 Å². The van der Waals surface area contributed by atoms with Crippen LogP contribution in [-0.4, -0.2) is 54.1 Å². The van der Waals surface area contributed by atoms with Crippen LogP contribution in [-0.2, 0) is 14.2 Å². The maximum atomic E-state index is 12.1. The van der Waals surface area contributed by atoms with Gasteiger partial charge >= 0.3 is 6.09 Å². The Labute approximate surface area is 121 Å². The Morgan fingerprint density at radius 1 is 1.30 bits per heavy atom. The van der Waals surface area contributed by atoms with E-state index in [1.807, 2.05) is 20.8 Å². The van der Waals surface area contributed by atoms with Crippen molar-refractivity contribution in [3.63, 3.8) is 0 Å². The van der Waals surface area contributed by atoms with Crippen LogP contribution in [0.25, 0.3) is 0 Å². The summed E-state index contributed by atoms with van der Waals surface area (Å²) in [5.41, 5.74) is -0.842. The number of rotatable bonds is 1. The highest BCUT2D eigenvalue weighted by Gasteiger charge is 2.51. The lowest BCUT2D eigenvalue weighted by molar-refractivity contribution is -0.0133. The minimum absolute atomic E-state index is 0.0577. The van der Waals surface area contributed by atoms with E-state index in [9.17, 15) is 4.79 Å². The second-order valence-electron chi connectivity index (χ2n) is 7.67. The van der Waals surface area contributed by atoms with E-state index >= 15 is 0 Å². The first-order valence-electron chi connectivity index (χ1n) is 7.26. The number of amides is 1. The molecule has 0 aromatic rings. The molecule has 2 fully saturated rings. The number of carbonyl (C=O) groups is 1. The first-order valence-corrected chi connectivity index (χ1v) is 7.26. The highest BCUT2D eigenvalue weighted by atomic mass is 16.6. The summed E-state index contributed by atoms with van der Waals surface area (Å²) in [7, 11) is 1.78. The van der Waals surface area contributed by atoms with Crippen molar-refractivity contribution in [2.45, 2.75) is 70.3 Å². The minimum Gasteiger partial charge on any atom is -0.444 e. The van der Waals surface area contributed by atoms with Crippen LogP contribution in [0.1, 0.15) is 47.5 Å². The Bertz CT molecular complexity index is 388. The first-order chi connectivity index (χ1) is 9.02. The molecule has 0 aromatic carbocycles. The molecular formula is C15H27NO4. The van der Waals surface area contributed by atoms with Gasteiger partial charge in [-0.05, 0) is 34.6 Å². The molecule has 0 N–H and O–H groups in total. The summed E-state index contributed by atoms with van der Waals surface area (Å²) in [6, 6.07) is 0.0577. The van der Waals surface area contributed by atoms with E-state index in [1.165, 1.54) is 0 Å². The van der Waals surface area contributed by atoms with Crippen molar-refractivity contribution in [3.8, 4) is 0 Å². The fourth-order valence-electron chi connectivity index (χ4n) is 2.98. The normalized spacial score (nSPS) is 32.6. The number of ether oxygens (including phenoxy) is 3. The molecule has 116 valence electrons. The van der Waals surface area contributed by atoms with Crippen molar-refractivity contribution in [2.24, 2.45) is 0 Å². The van der Waals surface area contributed by atoms with Crippen molar-refractivity contribution in [3.05, 3.63) is 0 Å². The summed E-state index contributed by atoms with van der Waals surface area (Å²) in [4.78, 5) is 13.8. The molecule has 0 bridgehead atoms. The molecule has 0 radical (unpaired) electrons. The zero-order valence-corrected chi connectivity index (χ0v) is 13.5. The molecule has 5 nitrogen and oxygen atoms in total. The second kappa shape index (κ2) is 4.88. The maximum absolute atomic E-state index is 12.1. The molecule has 1 amide bonds. The van der Waals surface area contributed by atoms with Crippen LogP contribution in [0.15, 0.2) is 0 Å². The van der Waals surface area contributed by atoms with Gasteiger partial charge in [0, 0.05) is 19.9 Å². The van der Waals surface area contributed by atoms with Gasteiger partial charge in [0.15, 0.2) is 0 Å². The van der Waals surface area contributed by atoms with Gasteiger partial charge in [-0.25, -0.2) is 4.79 Å². The molecule has 2 rings (SSSR count). The van der Waals surface area contributed by atoms with Gasteiger partial charge in [-0.3, -0.25) is 0 Å². The first kappa shape index (κ1) is 15.6. The second-order valence-corrected chi connectivity index (χ2v) is 7.67. The van der Waals surface area contributed by atoms with Gasteiger partial charge in [-0.1, -0.05) is 0 Å². The summed E-state index contributed by atoms with van der Waals surface area (Å²) >= 11 is 0. The average Bonchev–Trinajstić information content (AvgIpc) is 2.80. The topological polar surface area (TPSA) is 48.0 Å². The van der Waals surface area contributed by atoms with Crippen LogP contribution in [0.5, 0.6) is 0 Å². The minimum atomic E-state index is -0.471. The van der Waals surface area contributed by atoms with Gasteiger partial charge < -0.3 is 19.1 Å². The lowest BCUT2D eigenvalue weighted by Crippen LogP contribution is -2.42. The Kier molecular flexibility index (Phi) is 3.80. The van der Waals surface area contributed by atoms with Crippen molar-refractivity contribution < 1.29 is 19.0 Å². The number of hydrogen-bond donors (Lipinski definition) is 0. The van der Waals surface area contributed by atoms with E-state index in [0.717, 1.165) is 12.8 Å². The van der Waals surface area contributed by atoms with Gasteiger partial charge in [-0.2, -0.15) is 0 Å². The van der Waals surface area contributed by atoms with Gasteiger partial charge in [0.1, 0.15) is 5.60 Å². The lowest BCUT2D eigenvalue weighted by Gasteiger charge is -2.28. The van der Waals surface area contributed by atoms with E-state index in [0.29, 0.717) is 13.2 Å². The van der Waals surface area contributed by atoms with Crippen molar-refractivity contribution >= 4 is 6.09 Å². The quantitative estimate of drug-likeness (QED) is 0.743. The standard InChI is InChI=1S/C15H27NO4/c1-13(2,3)20-12(17)16(6)11-7-15(18-8-11)9-14(4,5)19-10-15/h11H,7-10H2,1-6H3/t11-,15-/m1/s1. The average molecular weight is 285 g/mol. The SMILES string of the molecule is CN(C(=O)OC(C)(C)C)[C@H]1CO[C@]2(COC(C)(C)C2)C1. The van der Waals surface area contributed by atoms with Crippen molar-refractivity contribution in [2.75, 3.05) is 20.3 Å². The maximum Gasteiger partial charge on any atom is 0.410 e. The smallest absolute Gasteiger partial charge is 0.410 e. The fraction of sp³-hybridized carbons (Fsp3) is 0.933. The highest BCUT2D eigenvalue weighted by molar-refractivity contribution is 5.68. The van der Waals surface area contributed by atoms with E-state index < -0.39 is 5.60 Å². The third-order valence-corrected chi connectivity index (χ3v) is 3.89. The number of carbonyl (C=O) groups excluding carboxylic acids is 1. The number of hydrogen-bond acceptors (Lipinski definition) is 4. The van der Waals surface area contributed by atoms with Crippen LogP contribution < -0.4 is 0 Å². The summed E-state index contributed by atoms with van der Waals surface area (Å²) < 4.78 is 17.2. The Hall–Kier alpha value is -0.810. The molecule has 2 saturated heterocycles. The van der Waals surface area contributed by atoms with Crippen LogP contribution in [0.2, 0.25) is 0 Å². The summed E-state index contributed by atoms with van der Waals surface area (Å²) in [6.45, 7) is 10.9. The van der Waals surface area contributed by atoms with E-state index in [2.05, 4.69) is 13.8 Å². The molecule has 0 aliphatic carbocycles. The number of likely N-dealkylation sites (N-methyl/N-ethyl adjacent to an activating group) is 1. The zero-order chi connectivity index (χ0) is 15.2. The summed E-state index contributed by atoms with van der Waals surface area (Å²) in [5.74, 6) is 0. The van der Waals surface area contributed by atoms with E-state index in [-0.39, 0.29) is 23.3 Å². The van der Waals surface area contributed by atoms with E-state index in [4.69, 9.17) is 14.2 Å². The Morgan fingerprint density at radius 3 is 2.45 bits per heavy atom. The molecule has 2 aliphatic heterocycles. The molecule has 2 aliphatic rings. The zero-order valence-electron chi connectivity index (χ0n) is 13.5. The molecular weight excluding hydrogens is 258 g/mol. The monoisotopic (exact) mass is 285 g/mol. The predicted molar refractivity (Wildman–Crippen MR) is 75.7 cm³/mol. The molecule has 1 spiro atoms. The van der Waals surface area contributed by atoms with Gasteiger partial charge in [0.05, 0.1) is 30.5 Å². The summed E-state index contributed by atoms with van der Waals surface area (Å²) in [6.07, 6.45) is 1.39. The lowest BCUT2D eigenvalue weighted by atomic mass is 9.90. The predicted octanol–water partition coefficient (Wildman–Crippen LogP) is 2.58. The third kappa shape index (κ3) is 3.44. The molecule has 0 aromatic heterocycles. The van der Waals surface area contributed by atoms with Crippen molar-refractivity contribution in [1.29, 1.82) is 0 Å². The Morgan fingerprint density at radius 2 is 1.95 bits per heavy atom. The van der Waals surface area contributed by atoms with E-state index in [1.54, 1.807) is 11.9 Å². The van der Waals surface area contributed by atoms with Gasteiger partial charge in [-0.15, -0.1) is 0 Å². The molecule has 0 unspecified atom stereocenters.